The maximum absolute atomic E-state index is 12.7. The molecule has 1 aliphatic rings. The fraction of sp³-hybridized carbons (Fsp3) is 0.294. The van der Waals surface area contributed by atoms with Gasteiger partial charge in [-0.1, -0.05) is 12.1 Å². The summed E-state index contributed by atoms with van der Waals surface area (Å²) in [7, 11) is -3.50. The SMILES string of the molecule is Cc1ccc(C)c(S(=O)(=O)N2CC(Oc3ccc(C#N)cn3)C2)c1. The van der Waals surface area contributed by atoms with Gasteiger partial charge >= 0.3 is 0 Å². The molecule has 1 aromatic heterocycles. The number of aryl methyl sites for hydroxylation is 2. The predicted octanol–water partition coefficient (Wildman–Crippen LogP) is 2.02. The highest BCUT2D eigenvalue weighted by atomic mass is 32.2. The van der Waals surface area contributed by atoms with E-state index in [9.17, 15) is 8.42 Å². The van der Waals surface area contributed by atoms with Gasteiger partial charge in [-0.25, -0.2) is 13.4 Å². The summed E-state index contributed by atoms with van der Waals surface area (Å²) in [6.07, 6.45) is 1.20. The lowest BCUT2D eigenvalue weighted by Crippen LogP contribution is -2.56. The number of nitriles is 1. The number of pyridine rings is 1. The maximum atomic E-state index is 12.7. The lowest BCUT2D eigenvalue weighted by Gasteiger charge is -2.37. The van der Waals surface area contributed by atoms with Crippen molar-refractivity contribution in [1.82, 2.24) is 9.29 Å². The quantitative estimate of drug-likeness (QED) is 0.848. The van der Waals surface area contributed by atoms with Crippen LogP contribution >= 0.6 is 0 Å². The van der Waals surface area contributed by atoms with Crippen molar-refractivity contribution in [2.45, 2.75) is 24.8 Å². The van der Waals surface area contributed by atoms with Gasteiger partial charge in [-0.2, -0.15) is 9.57 Å². The van der Waals surface area contributed by atoms with E-state index in [2.05, 4.69) is 4.98 Å². The number of benzene rings is 1. The number of nitrogens with zero attached hydrogens (tertiary/aromatic N) is 3. The van der Waals surface area contributed by atoms with Crippen LogP contribution in [0.2, 0.25) is 0 Å². The first kappa shape index (κ1) is 16.4. The third-order valence-corrected chi connectivity index (χ3v) is 5.90. The monoisotopic (exact) mass is 343 g/mol. The second-order valence-electron chi connectivity index (χ2n) is 5.83. The molecule has 0 aliphatic carbocycles. The van der Waals surface area contributed by atoms with Crippen LogP contribution < -0.4 is 4.74 Å². The van der Waals surface area contributed by atoms with Crippen LogP contribution in [0, 0.1) is 25.2 Å². The molecule has 0 atom stereocenters. The molecule has 0 unspecified atom stereocenters. The Bertz CT molecular complexity index is 896. The normalized spacial score (nSPS) is 15.5. The summed E-state index contributed by atoms with van der Waals surface area (Å²) in [5, 5.41) is 8.74. The molecular weight excluding hydrogens is 326 g/mol. The van der Waals surface area contributed by atoms with E-state index in [4.69, 9.17) is 10.00 Å². The van der Waals surface area contributed by atoms with Crippen LogP contribution in [0.1, 0.15) is 16.7 Å². The predicted molar refractivity (Wildman–Crippen MR) is 88.0 cm³/mol. The zero-order valence-electron chi connectivity index (χ0n) is 13.4. The minimum Gasteiger partial charge on any atom is -0.472 e. The molecule has 1 aliphatic heterocycles. The minimum atomic E-state index is -3.50. The molecular formula is C17H17N3O3S. The molecule has 0 radical (unpaired) electrons. The summed E-state index contributed by atoms with van der Waals surface area (Å²) in [5.41, 5.74) is 2.10. The van der Waals surface area contributed by atoms with Gasteiger partial charge in [0.1, 0.15) is 12.2 Å². The molecule has 0 spiro atoms. The van der Waals surface area contributed by atoms with Crippen molar-refractivity contribution >= 4 is 10.0 Å². The van der Waals surface area contributed by atoms with Gasteiger partial charge in [-0.3, -0.25) is 0 Å². The van der Waals surface area contributed by atoms with Gasteiger partial charge < -0.3 is 4.74 Å². The van der Waals surface area contributed by atoms with Crippen molar-refractivity contribution in [2.75, 3.05) is 13.1 Å². The largest absolute Gasteiger partial charge is 0.472 e. The summed E-state index contributed by atoms with van der Waals surface area (Å²) in [6, 6.07) is 10.6. The molecule has 1 aromatic carbocycles. The Labute approximate surface area is 141 Å². The molecule has 2 heterocycles. The number of hydrogen-bond donors (Lipinski definition) is 0. The summed E-state index contributed by atoms with van der Waals surface area (Å²) in [5.74, 6) is 0.391. The standard InChI is InChI=1S/C17H17N3O3S/c1-12-3-4-13(2)16(7-12)24(21,22)20-10-15(11-20)23-17-6-5-14(8-18)9-19-17/h3-7,9,15H,10-11H2,1-2H3. The molecule has 24 heavy (non-hydrogen) atoms. The molecule has 1 fully saturated rings. The van der Waals surface area contributed by atoms with Gasteiger partial charge in [0.05, 0.1) is 23.5 Å². The van der Waals surface area contributed by atoms with Crippen LogP contribution in [0.3, 0.4) is 0 Å². The molecule has 0 N–H and O–H groups in total. The fourth-order valence-corrected chi connectivity index (χ4v) is 4.30. The zero-order valence-corrected chi connectivity index (χ0v) is 14.2. The Balaban J connectivity index is 1.67. The highest BCUT2D eigenvalue weighted by Crippen LogP contribution is 2.26. The second-order valence-corrected chi connectivity index (χ2v) is 7.73. The van der Waals surface area contributed by atoms with Crippen molar-refractivity contribution in [3.63, 3.8) is 0 Å². The third-order valence-electron chi connectivity index (χ3n) is 3.93. The molecule has 2 aromatic rings. The summed E-state index contributed by atoms with van der Waals surface area (Å²) in [6.45, 7) is 4.24. The lowest BCUT2D eigenvalue weighted by molar-refractivity contribution is 0.0720. The first-order valence-corrected chi connectivity index (χ1v) is 8.94. The number of ether oxygens (including phenoxy) is 1. The van der Waals surface area contributed by atoms with E-state index in [0.29, 0.717) is 16.3 Å². The van der Waals surface area contributed by atoms with Crippen LogP contribution in [-0.4, -0.2) is 36.9 Å². The molecule has 6 nitrogen and oxygen atoms in total. The number of rotatable bonds is 4. The minimum absolute atomic E-state index is 0.231. The van der Waals surface area contributed by atoms with Gasteiger partial charge in [0.2, 0.25) is 15.9 Å². The van der Waals surface area contributed by atoms with E-state index < -0.39 is 10.0 Å². The number of sulfonamides is 1. The average Bonchev–Trinajstić information content (AvgIpc) is 2.53. The Kier molecular flexibility index (Phi) is 4.26. The summed E-state index contributed by atoms with van der Waals surface area (Å²) < 4.78 is 32.4. The van der Waals surface area contributed by atoms with Gasteiger partial charge in [-0.05, 0) is 37.1 Å². The van der Waals surface area contributed by atoms with E-state index in [0.717, 1.165) is 11.1 Å². The first-order chi connectivity index (χ1) is 11.4. The Morgan fingerprint density at radius 2 is 2.00 bits per heavy atom. The zero-order chi connectivity index (χ0) is 17.3. The van der Waals surface area contributed by atoms with Crippen molar-refractivity contribution in [2.24, 2.45) is 0 Å². The highest BCUT2D eigenvalue weighted by molar-refractivity contribution is 7.89. The van der Waals surface area contributed by atoms with Crippen molar-refractivity contribution in [3.05, 3.63) is 53.2 Å². The van der Waals surface area contributed by atoms with Crippen LogP contribution in [0.15, 0.2) is 41.4 Å². The average molecular weight is 343 g/mol. The number of aromatic nitrogens is 1. The van der Waals surface area contributed by atoms with E-state index in [-0.39, 0.29) is 19.2 Å². The molecule has 124 valence electrons. The van der Waals surface area contributed by atoms with Crippen molar-refractivity contribution in [3.8, 4) is 11.9 Å². The highest BCUT2D eigenvalue weighted by Gasteiger charge is 2.39. The number of hydrogen-bond acceptors (Lipinski definition) is 5. The Morgan fingerprint density at radius 3 is 2.62 bits per heavy atom. The first-order valence-electron chi connectivity index (χ1n) is 7.50. The maximum Gasteiger partial charge on any atom is 0.243 e. The molecule has 0 amide bonds. The summed E-state index contributed by atoms with van der Waals surface area (Å²) >= 11 is 0. The van der Waals surface area contributed by atoms with Gasteiger partial charge in [-0.15, -0.1) is 0 Å². The molecule has 0 saturated carbocycles. The van der Waals surface area contributed by atoms with E-state index in [1.807, 2.05) is 25.1 Å². The topological polar surface area (TPSA) is 83.3 Å². The van der Waals surface area contributed by atoms with Crippen molar-refractivity contribution < 1.29 is 13.2 Å². The van der Waals surface area contributed by atoms with Crippen LogP contribution in [0.25, 0.3) is 0 Å². The molecule has 7 heteroatoms. The Hall–Kier alpha value is -2.43. The van der Waals surface area contributed by atoms with E-state index in [1.54, 1.807) is 25.1 Å². The van der Waals surface area contributed by atoms with E-state index in [1.165, 1.54) is 10.5 Å². The van der Waals surface area contributed by atoms with Crippen LogP contribution in [0.4, 0.5) is 0 Å². The van der Waals surface area contributed by atoms with Gasteiger partial charge in [0, 0.05) is 12.3 Å². The molecule has 1 saturated heterocycles. The van der Waals surface area contributed by atoms with Crippen LogP contribution in [0.5, 0.6) is 5.88 Å². The molecule has 3 rings (SSSR count). The van der Waals surface area contributed by atoms with Crippen LogP contribution in [-0.2, 0) is 10.0 Å². The smallest absolute Gasteiger partial charge is 0.243 e. The lowest BCUT2D eigenvalue weighted by atomic mass is 10.2. The molecule has 0 bridgehead atoms. The Morgan fingerprint density at radius 1 is 1.25 bits per heavy atom. The van der Waals surface area contributed by atoms with Gasteiger partial charge in [0.15, 0.2) is 0 Å². The van der Waals surface area contributed by atoms with E-state index >= 15 is 0 Å². The third kappa shape index (κ3) is 3.11. The van der Waals surface area contributed by atoms with Gasteiger partial charge in [0.25, 0.3) is 0 Å². The van der Waals surface area contributed by atoms with Crippen molar-refractivity contribution in [1.29, 1.82) is 5.26 Å². The second kappa shape index (κ2) is 6.23. The fourth-order valence-electron chi connectivity index (χ4n) is 2.48. The summed E-state index contributed by atoms with van der Waals surface area (Å²) in [4.78, 5) is 4.37.